The molecule has 3 aromatic rings. The third kappa shape index (κ3) is 4.12. The molecule has 1 unspecified atom stereocenters. The fourth-order valence-corrected chi connectivity index (χ4v) is 5.20. The van der Waals surface area contributed by atoms with Gasteiger partial charge < -0.3 is 5.32 Å². The number of thiophene rings is 2. The van der Waals surface area contributed by atoms with Gasteiger partial charge in [-0.15, -0.1) is 22.7 Å². The zero-order valence-corrected chi connectivity index (χ0v) is 18.0. The Balaban J connectivity index is 1.53. The number of hydrogen-bond donors (Lipinski definition) is 1. The smallest absolute Gasteiger partial charge is 0.262 e. The molecule has 0 radical (unpaired) electrons. The van der Waals surface area contributed by atoms with Gasteiger partial charge in [0.05, 0.1) is 33.8 Å². The summed E-state index contributed by atoms with van der Waals surface area (Å²) in [5.74, 6) is -0.635. The molecule has 1 aromatic carbocycles. The lowest BCUT2D eigenvalue weighted by Crippen LogP contribution is -2.38. The highest BCUT2D eigenvalue weighted by Crippen LogP contribution is 2.37. The molecule has 1 N–H and O–H groups in total. The van der Waals surface area contributed by atoms with E-state index in [4.69, 9.17) is 11.6 Å². The van der Waals surface area contributed by atoms with Gasteiger partial charge in [0, 0.05) is 11.3 Å². The highest BCUT2D eigenvalue weighted by molar-refractivity contribution is 7.12. The standard InChI is InChI=1S/C21H18ClN3O2S2/c1-13-8-10-29-20(13)17-11-16(18-7-4-9-28-18)24-25(17)19(26)12-23-21(27)14-5-2-3-6-15(14)22/h2-10,17H,11-12H2,1H3,(H,23,27). The Morgan fingerprint density at radius 3 is 2.69 bits per heavy atom. The zero-order chi connectivity index (χ0) is 20.4. The molecule has 2 amide bonds. The summed E-state index contributed by atoms with van der Waals surface area (Å²) in [6, 6.07) is 12.6. The van der Waals surface area contributed by atoms with Crippen molar-refractivity contribution in [2.45, 2.75) is 19.4 Å². The molecular formula is C21H18ClN3O2S2. The lowest BCUT2D eigenvalue weighted by atomic mass is 10.1. The molecule has 4 rings (SSSR count). The van der Waals surface area contributed by atoms with E-state index in [9.17, 15) is 9.59 Å². The number of benzene rings is 1. The Morgan fingerprint density at radius 1 is 1.17 bits per heavy atom. The van der Waals surface area contributed by atoms with Gasteiger partial charge in [-0.2, -0.15) is 5.10 Å². The predicted octanol–water partition coefficient (Wildman–Crippen LogP) is 4.88. The van der Waals surface area contributed by atoms with Crippen LogP contribution in [0.15, 0.2) is 58.3 Å². The van der Waals surface area contributed by atoms with Crippen LogP contribution in [-0.2, 0) is 4.79 Å². The van der Waals surface area contributed by atoms with Gasteiger partial charge in [0.15, 0.2) is 0 Å². The van der Waals surface area contributed by atoms with Crippen LogP contribution in [0.1, 0.15) is 38.1 Å². The molecule has 5 nitrogen and oxygen atoms in total. The summed E-state index contributed by atoms with van der Waals surface area (Å²) in [6.07, 6.45) is 0.659. The quantitative estimate of drug-likeness (QED) is 0.610. The molecule has 2 aromatic heterocycles. The molecule has 0 aliphatic carbocycles. The molecule has 3 heterocycles. The normalized spacial score (nSPS) is 16.0. The Kier molecular flexibility index (Phi) is 5.80. The van der Waals surface area contributed by atoms with Gasteiger partial charge in [0.25, 0.3) is 11.8 Å². The highest BCUT2D eigenvalue weighted by atomic mass is 35.5. The Morgan fingerprint density at radius 2 is 2.00 bits per heavy atom. The van der Waals surface area contributed by atoms with Crippen LogP contribution < -0.4 is 5.32 Å². The third-order valence-corrected chi connectivity index (χ3v) is 7.06. The minimum atomic E-state index is -0.380. The van der Waals surface area contributed by atoms with Crippen molar-refractivity contribution in [2.75, 3.05) is 6.54 Å². The number of carbonyl (C=O) groups is 2. The van der Waals surface area contributed by atoms with Crippen LogP contribution in [0.5, 0.6) is 0 Å². The summed E-state index contributed by atoms with van der Waals surface area (Å²) in [7, 11) is 0. The first-order valence-corrected chi connectivity index (χ1v) is 11.2. The molecule has 1 aliphatic heterocycles. The summed E-state index contributed by atoms with van der Waals surface area (Å²) in [5, 5.41) is 13.2. The van der Waals surface area contributed by atoms with Crippen molar-refractivity contribution in [1.29, 1.82) is 0 Å². The molecule has 0 saturated heterocycles. The summed E-state index contributed by atoms with van der Waals surface area (Å²) < 4.78 is 0. The number of aryl methyl sites for hydroxylation is 1. The fourth-order valence-electron chi connectivity index (χ4n) is 3.24. The van der Waals surface area contributed by atoms with Crippen LogP contribution >= 0.6 is 34.3 Å². The summed E-state index contributed by atoms with van der Waals surface area (Å²) in [6.45, 7) is 1.89. The second kappa shape index (κ2) is 8.49. The molecule has 0 bridgehead atoms. The van der Waals surface area contributed by atoms with Crippen molar-refractivity contribution in [3.05, 3.63) is 79.1 Å². The third-order valence-electron chi connectivity index (χ3n) is 4.69. The van der Waals surface area contributed by atoms with Gasteiger partial charge in [0.1, 0.15) is 0 Å². The van der Waals surface area contributed by atoms with Gasteiger partial charge in [-0.25, -0.2) is 5.01 Å². The van der Waals surface area contributed by atoms with E-state index in [0.717, 1.165) is 21.0 Å². The minimum Gasteiger partial charge on any atom is -0.343 e. The number of hydrogen-bond acceptors (Lipinski definition) is 5. The first kappa shape index (κ1) is 19.8. The van der Waals surface area contributed by atoms with Crippen molar-refractivity contribution in [2.24, 2.45) is 5.10 Å². The predicted molar refractivity (Wildman–Crippen MR) is 118 cm³/mol. The van der Waals surface area contributed by atoms with Crippen LogP contribution in [0.2, 0.25) is 5.02 Å². The Bertz CT molecular complexity index is 1080. The Hall–Kier alpha value is -2.48. The average Bonchev–Trinajstić information content (AvgIpc) is 3.46. The number of nitrogens with one attached hydrogen (secondary N) is 1. The van der Waals surface area contributed by atoms with Gasteiger partial charge in [-0.05, 0) is 47.5 Å². The molecule has 1 atom stereocenters. The van der Waals surface area contributed by atoms with E-state index in [1.165, 1.54) is 5.01 Å². The van der Waals surface area contributed by atoms with E-state index < -0.39 is 0 Å². The lowest BCUT2D eigenvalue weighted by Gasteiger charge is -2.21. The number of rotatable bonds is 5. The molecule has 1 aliphatic rings. The van der Waals surface area contributed by atoms with Crippen LogP contribution in [0, 0.1) is 6.92 Å². The van der Waals surface area contributed by atoms with Crippen molar-refractivity contribution >= 4 is 51.8 Å². The molecule has 0 fully saturated rings. The van der Waals surface area contributed by atoms with Gasteiger partial charge in [-0.3, -0.25) is 9.59 Å². The van der Waals surface area contributed by atoms with Crippen LogP contribution in [0.25, 0.3) is 0 Å². The lowest BCUT2D eigenvalue weighted by molar-refractivity contribution is -0.131. The molecule has 0 saturated carbocycles. The SMILES string of the molecule is Cc1ccsc1C1CC(c2cccs2)=NN1C(=O)CNC(=O)c1ccccc1Cl. The maximum atomic E-state index is 13.0. The number of hydrazone groups is 1. The van der Waals surface area contributed by atoms with E-state index in [2.05, 4.69) is 10.4 Å². The van der Waals surface area contributed by atoms with E-state index >= 15 is 0 Å². The fraction of sp³-hybridized carbons (Fsp3) is 0.190. The van der Waals surface area contributed by atoms with E-state index in [1.807, 2.05) is 35.9 Å². The largest absolute Gasteiger partial charge is 0.343 e. The van der Waals surface area contributed by atoms with E-state index in [0.29, 0.717) is 17.0 Å². The first-order chi connectivity index (χ1) is 14.0. The van der Waals surface area contributed by atoms with Crippen molar-refractivity contribution in [3.63, 3.8) is 0 Å². The first-order valence-electron chi connectivity index (χ1n) is 9.04. The van der Waals surface area contributed by atoms with E-state index in [1.54, 1.807) is 46.9 Å². The van der Waals surface area contributed by atoms with Gasteiger partial charge in [0.2, 0.25) is 0 Å². The second-order valence-electron chi connectivity index (χ2n) is 6.61. The van der Waals surface area contributed by atoms with Crippen LogP contribution in [-0.4, -0.2) is 29.1 Å². The Labute approximate surface area is 181 Å². The summed E-state index contributed by atoms with van der Waals surface area (Å²) in [5.41, 5.74) is 2.38. The maximum absolute atomic E-state index is 13.0. The minimum absolute atomic E-state index is 0.147. The zero-order valence-electron chi connectivity index (χ0n) is 15.6. The monoisotopic (exact) mass is 443 g/mol. The number of halogens is 1. The maximum Gasteiger partial charge on any atom is 0.262 e. The number of amides is 2. The number of nitrogens with zero attached hydrogens (tertiary/aromatic N) is 2. The van der Waals surface area contributed by atoms with E-state index in [-0.39, 0.29) is 24.4 Å². The van der Waals surface area contributed by atoms with Crippen molar-refractivity contribution < 1.29 is 9.59 Å². The van der Waals surface area contributed by atoms with Crippen molar-refractivity contribution in [1.82, 2.24) is 10.3 Å². The van der Waals surface area contributed by atoms with Crippen molar-refractivity contribution in [3.8, 4) is 0 Å². The summed E-state index contributed by atoms with van der Waals surface area (Å²) in [4.78, 5) is 27.6. The van der Waals surface area contributed by atoms with Crippen LogP contribution in [0.4, 0.5) is 0 Å². The van der Waals surface area contributed by atoms with Crippen LogP contribution in [0.3, 0.4) is 0 Å². The average molecular weight is 444 g/mol. The molecule has 8 heteroatoms. The summed E-state index contributed by atoms with van der Waals surface area (Å²) >= 11 is 9.30. The van der Waals surface area contributed by atoms with Gasteiger partial charge >= 0.3 is 0 Å². The molecule has 0 spiro atoms. The molecule has 148 valence electrons. The molecular weight excluding hydrogens is 426 g/mol. The van der Waals surface area contributed by atoms with Gasteiger partial charge in [-0.1, -0.05) is 29.8 Å². The topological polar surface area (TPSA) is 61.8 Å². The second-order valence-corrected chi connectivity index (χ2v) is 8.92. The number of carbonyl (C=O) groups excluding carboxylic acids is 2. The highest BCUT2D eigenvalue weighted by Gasteiger charge is 2.35. The molecule has 29 heavy (non-hydrogen) atoms.